The van der Waals surface area contributed by atoms with Gasteiger partial charge >= 0.3 is 6.03 Å². The van der Waals surface area contributed by atoms with Gasteiger partial charge in [0.2, 0.25) is 0 Å². The Bertz CT molecular complexity index is 806. The molecule has 2 amide bonds. The molecule has 0 spiro atoms. The molecule has 3 nitrogen and oxygen atoms in total. The van der Waals surface area contributed by atoms with E-state index in [1.54, 1.807) is 4.90 Å². The third-order valence-electron chi connectivity index (χ3n) is 3.61. The first-order chi connectivity index (χ1) is 11.7. The fraction of sp³-hybridized carbons (Fsp3) is 0.0500. The first-order valence-corrected chi connectivity index (χ1v) is 8.74. The van der Waals surface area contributed by atoms with Gasteiger partial charge < -0.3 is 5.32 Å². The number of rotatable bonds is 4. The summed E-state index contributed by atoms with van der Waals surface area (Å²) in [7, 11) is 0. The van der Waals surface area contributed by atoms with Crippen LogP contribution in [0.5, 0.6) is 0 Å². The topological polar surface area (TPSA) is 32.3 Å². The molecule has 0 saturated carbocycles. The number of halogens is 1. The molecule has 3 rings (SSSR count). The average Bonchev–Trinajstić information content (AvgIpc) is 2.63. The second-order valence-corrected chi connectivity index (χ2v) is 6.48. The van der Waals surface area contributed by atoms with Crippen LogP contribution >= 0.6 is 22.6 Å². The lowest BCUT2D eigenvalue weighted by atomic mass is 10.2. The normalized spacial score (nSPS) is 10.2. The number of nitrogens with zero attached hydrogens (tertiary/aromatic N) is 1. The number of anilines is 2. The van der Waals surface area contributed by atoms with Crippen LogP contribution in [0.2, 0.25) is 0 Å². The Balaban J connectivity index is 1.87. The van der Waals surface area contributed by atoms with Crippen LogP contribution < -0.4 is 10.2 Å². The molecule has 0 aliphatic heterocycles. The Morgan fingerprint density at radius 1 is 0.833 bits per heavy atom. The smallest absolute Gasteiger partial charge is 0.306 e. The van der Waals surface area contributed by atoms with Gasteiger partial charge in [0.05, 0.1) is 12.2 Å². The fourth-order valence-electron chi connectivity index (χ4n) is 2.40. The minimum Gasteiger partial charge on any atom is -0.306 e. The maximum Gasteiger partial charge on any atom is 0.326 e. The number of amides is 2. The number of hydrogen-bond donors (Lipinski definition) is 1. The maximum absolute atomic E-state index is 12.9. The van der Waals surface area contributed by atoms with E-state index in [0.29, 0.717) is 6.54 Å². The lowest BCUT2D eigenvalue weighted by Gasteiger charge is -2.23. The number of benzene rings is 3. The number of carbonyl (C=O) groups excluding carboxylic acids is 1. The molecule has 0 radical (unpaired) electrons. The summed E-state index contributed by atoms with van der Waals surface area (Å²) in [6.45, 7) is 0.514. The van der Waals surface area contributed by atoms with Gasteiger partial charge in [0.15, 0.2) is 0 Å². The van der Waals surface area contributed by atoms with Gasteiger partial charge in [-0.2, -0.15) is 0 Å². The van der Waals surface area contributed by atoms with Gasteiger partial charge in [0, 0.05) is 9.26 Å². The summed E-state index contributed by atoms with van der Waals surface area (Å²) in [6.07, 6.45) is 0. The van der Waals surface area contributed by atoms with Crippen molar-refractivity contribution in [3.05, 3.63) is 94.1 Å². The molecular formula is C20H17IN2O. The standard InChI is InChI=1S/C20H17IN2O/c21-18-13-7-8-14-19(18)22-20(24)23(17-11-5-2-6-12-17)15-16-9-3-1-4-10-16/h1-14H,15H2,(H,22,24). The van der Waals surface area contributed by atoms with Crippen LogP contribution in [0.4, 0.5) is 16.2 Å². The SMILES string of the molecule is O=C(Nc1ccccc1I)N(Cc1ccccc1)c1ccccc1. The first kappa shape index (κ1) is 16.5. The van der Waals surface area contributed by atoms with Crippen LogP contribution in [-0.4, -0.2) is 6.03 Å². The molecule has 0 aliphatic rings. The molecule has 0 aromatic heterocycles. The van der Waals surface area contributed by atoms with Crippen molar-refractivity contribution >= 4 is 40.0 Å². The van der Waals surface area contributed by atoms with Crippen LogP contribution in [0.15, 0.2) is 84.9 Å². The number of hydrogen-bond acceptors (Lipinski definition) is 1. The third kappa shape index (κ3) is 4.14. The van der Waals surface area contributed by atoms with Gasteiger partial charge in [-0.3, -0.25) is 4.90 Å². The Morgan fingerprint density at radius 3 is 2.08 bits per heavy atom. The van der Waals surface area contributed by atoms with Crippen molar-refractivity contribution in [2.45, 2.75) is 6.54 Å². The Hall–Kier alpha value is -2.34. The quantitative estimate of drug-likeness (QED) is 0.545. The zero-order valence-corrected chi connectivity index (χ0v) is 15.2. The maximum atomic E-state index is 12.9. The number of urea groups is 1. The largest absolute Gasteiger partial charge is 0.326 e. The van der Waals surface area contributed by atoms with Crippen molar-refractivity contribution in [2.24, 2.45) is 0 Å². The van der Waals surface area contributed by atoms with Gasteiger partial charge in [0.1, 0.15) is 0 Å². The molecule has 1 N–H and O–H groups in total. The van der Waals surface area contributed by atoms with E-state index in [4.69, 9.17) is 0 Å². The molecule has 0 unspecified atom stereocenters. The second-order valence-electron chi connectivity index (χ2n) is 5.32. The van der Waals surface area contributed by atoms with E-state index >= 15 is 0 Å². The van der Waals surface area contributed by atoms with Crippen molar-refractivity contribution in [3.63, 3.8) is 0 Å². The van der Waals surface area contributed by atoms with Gasteiger partial charge in [0.25, 0.3) is 0 Å². The van der Waals surface area contributed by atoms with Crippen molar-refractivity contribution < 1.29 is 4.79 Å². The Morgan fingerprint density at radius 2 is 1.42 bits per heavy atom. The second kappa shape index (κ2) is 7.97. The average molecular weight is 428 g/mol. The minimum atomic E-state index is -0.144. The molecule has 0 fully saturated rings. The minimum absolute atomic E-state index is 0.144. The fourth-order valence-corrected chi connectivity index (χ4v) is 2.92. The van der Waals surface area contributed by atoms with E-state index in [2.05, 4.69) is 27.9 Å². The van der Waals surface area contributed by atoms with Crippen molar-refractivity contribution in [3.8, 4) is 0 Å². The van der Waals surface area contributed by atoms with E-state index in [9.17, 15) is 4.79 Å². The first-order valence-electron chi connectivity index (χ1n) is 7.66. The monoisotopic (exact) mass is 428 g/mol. The summed E-state index contributed by atoms with van der Waals surface area (Å²) in [5, 5.41) is 3.01. The summed E-state index contributed by atoms with van der Waals surface area (Å²) in [5.74, 6) is 0. The zero-order chi connectivity index (χ0) is 16.8. The van der Waals surface area contributed by atoms with Crippen LogP contribution in [0.3, 0.4) is 0 Å². The molecule has 3 aromatic carbocycles. The molecule has 24 heavy (non-hydrogen) atoms. The highest BCUT2D eigenvalue weighted by Gasteiger charge is 2.17. The highest BCUT2D eigenvalue weighted by molar-refractivity contribution is 14.1. The molecule has 0 bridgehead atoms. The molecule has 0 atom stereocenters. The predicted octanol–water partition coefficient (Wildman–Crippen LogP) is 5.53. The summed E-state index contributed by atoms with van der Waals surface area (Å²) in [4.78, 5) is 14.6. The molecule has 0 saturated heterocycles. The van der Waals surface area contributed by atoms with Gasteiger partial charge in [-0.25, -0.2) is 4.79 Å². The van der Waals surface area contributed by atoms with Gasteiger partial charge in [-0.1, -0.05) is 60.7 Å². The van der Waals surface area contributed by atoms with E-state index in [0.717, 1.165) is 20.5 Å². The lowest BCUT2D eigenvalue weighted by Crippen LogP contribution is -2.34. The van der Waals surface area contributed by atoms with Crippen molar-refractivity contribution in [1.29, 1.82) is 0 Å². The number of para-hydroxylation sites is 2. The summed E-state index contributed by atoms with van der Waals surface area (Å²) >= 11 is 2.22. The van der Waals surface area contributed by atoms with Crippen molar-refractivity contribution in [2.75, 3.05) is 10.2 Å². The summed E-state index contributed by atoms with van der Waals surface area (Å²) in [5.41, 5.74) is 2.76. The Labute approximate surface area is 155 Å². The Kier molecular flexibility index (Phi) is 5.48. The molecule has 0 heterocycles. The molecule has 4 heteroatoms. The van der Waals surface area contributed by atoms with E-state index in [1.165, 1.54) is 0 Å². The van der Waals surface area contributed by atoms with Crippen molar-refractivity contribution in [1.82, 2.24) is 0 Å². The molecule has 3 aromatic rings. The molecular weight excluding hydrogens is 411 g/mol. The molecule has 120 valence electrons. The summed E-state index contributed by atoms with van der Waals surface area (Å²) < 4.78 is 1.01. The molecule has 0 aliphatic carbocycles. The zero-order valence-electron chi connectivity index (χ0n) is 13.0. The lowest BCUT2D eigenvalue weighted by molar-refractivity contribution is 0.256. The van der Waals surface area contributed by atoms with E-state index in [-0.39, 0.29) is 6.03 Å². The summed E-state index contributed by atoms with van der Waals surface area (Å²) in [6, 6.07) is 27.3. The van der Waals surface area contributed by atoms with Crippen LogP contribution in [-0.2, 0) is 6.54 Å². The number of carbonyl (C=O) groups is 1. The highest BCUT2D eigenvalue weighted by Crippen LogP contribution is 2.21. The van der Waals surface area contributed by atoms with Crippen LogP contribution in [0.25, 0.3) is 0 Å². The van der Waals surface area contributed by atoms with Crippen LogP contribution in [0, 0.1) is 3.57 Å². The number of nitrogens with one attached hydrogen (secondary N) is 1. The predicted molar refractivity (Wildman–Crippen MR) is 107 cm³/mol. The van der Waals surface area contributed by atoms with E-state index < -0.39 is 0 Å². The highest BCUT2D eigenvalue weighted by atomic mass is 127. The van der Waals surface area contributed by atoms with Crippen LogP contribution in [0.1, 0.15) is 5.56 Å². The third-order valence-corrected chi connectivity index (χ3v) is 4.55. The van der Waals surface area contributed by atoms with E-state index in [1.807, 2.05) is 84.9 Å². The van der Waals surface area contributed by atoms with Gasteiger partial charge in [-0.15, -0.1) is 0 Å². The van der Waals surface area contributed by atoms with Gasteiger partial charge in [-0.05, 0) is 52.4 Å².